The maximum atomic E-state index is 9.49. The molecule has 0 aliphatic carbocycles. The van der Waals surface area contributed by atoms with Crippen LogP contribution in [0.5, 0.6) is 5.75 Å². The first-order valence-electron chi connectivity index (χ1n) is 4.59. The van der Waals surface area contributed by atoms with Crippen molar-refractivity contribution < 1.29 is 5.11 Å². The molecule has 0 saturated carbocycles. The Morgan fingerprint density at radius 3 is 3.07 bits per heavy atom. The quantitative estimate of drug-likeness (QED) is 0.697. The van der Waals surface area contributed by atoms with Gasteiger partial charge in [0.15, 0.2) is 0 Å². The summed E-state index contributed by atoms with van der Waals surface area (Å²) in [6.07, 6.45) is 2.78. The van der Waals surface area contributed by atoms with Gasteiger partial charge in [-0.3, -0.25) is 0 Å². The number of aromatic hydroxyl groups is 1. The third-order valence-electron chi connectivity index (χ3n) is 2.54. The van der Waals surface area contributed by atoms with Gasteiger partial charge in [-0.1, -0.05) is 17.7 Å². The number of phenolic OH excluding ortho intramolecular Hbond substituents is 1. The Hall–Kier alpha value is -0.990. The van der Waals surface area contributed by atoms with Crippen LogP contribution in [0, 0.1) is 0 Å². The molecule has 1 aromatic rings. The molecule has 1 unspecified atom stereocenters. The highest BCUT2D eigenvalue weighted by molar-refractivity contribution is 6.32. The summed E-state index contributed by atoms with van der Waals surface area (Å²) in [4.78, 5) is 0. The van der Waals surface area contributed by atoms with E-state index in [1.165, 1.54) is 5.56 Å². The second-order valence-corrected chi connectivity index (χ2v) is 3.83. The molecular weight excluding hydrogens is 198 g/mol. The van der Waals surface area contributed by atoms with E-state index in [0.717, 1.165) is 18.5 Å². The van der Waals surface area contributed by atoms with Crippen molar-refractivity contribution in [3.63, 3.8) is 0 Å². The topological polar surface area (TPSA) is 32.3 Å². The summed E-state index contributed by atoms with van der Waals surface area (Å²) in [5, 5.41) is 13.2. The molecule has 0 radical (unpaired) electrons. The van der Waals surface area contributed by atoms with E-state index in [4.69, 9.17) is 11.6 Å². The monoisotopic (exact) mass is 209 g/mol. The van der Waals surface area contributed by atoms with Gasteiger partial charge in [0, 0.05) is 6.54 Å². The third kappa shape index (κ3) is 1.51. The van der Waals surface area contributed by atoms with Gasteiger partial charge in [0.2, 0.25) is 0 Å². The summed E-state index contributed by atoms with van der Waals surface area (Å²) in [6, 6.07) is 3.68. The predicted molar refractivity (Wildman–Crippen MR) is 57.8 cm³/mol. The lowest BCUT2D eigenvalue weighted by Crippen LogP contribution is -2.28. The molecule has 1 aliphatic heterocycles. The number of hydrogen-bond donors (Lipinski definition) is 2. The van der Waals surface area contributed by atoms with Crippen LogP contribution in [0.3, 0.4) is 0 Å². The van der Waals surface area contributed by atoms with E-state index in [-0.39, 0.29) is 11.8 Å². The zero-order chi connectivity index (χ0) is 10.1. The van der Waals surface area contributed by atoms with Crippen LogP contribution in [-0.4, -0.2) is 11.7 Å². The number of rotatable bonds is 1. The first-order valence-corrected chi connectivity index (χ1v) is 4.97. The van der Waals surface area contributed by atoms with Crippen molar-refractivity contribution in [2.45, 2.75) is 12.5 Å². The van der Waals surface area contributed by atoms with Crippen molar-refractivity contribution in [1.29, 1.82) is 0 Å². The lowest BCUT2D eigenvalue weighted by atomic mass is 9.94. The Kier molecular flexibility index (Phi) is 2.48. The fourth-order valence-corrected chi connectivity index (χ4v) is 1.99. The van der Waals surface area contributed by atoms with Gasteiger partial charge < -0.3 is 10.4 Å². The number of phenols is 1. The standard InChI is InChI=1S/C11H12ClNO/c1-2-10-8-6-11(14)9(12)5-7(8)3-4-13-10/h2,5-6,10,13-14H,1,3-4H2. The molecule has 3 heteroatoms. The van der Waals surface area contributed by atoms with Crippen LogP contribution in [0.25, 0.3) is 0 Å². The molecule has 0 spiro atoms. The lowest BCUT2D eigenvalue weighted by Gasteiger charge is -2.24. The second-order valence-electron chi connectivity index (χ2n) is 3.42. The largest absolute Gasteiger partial charge is 0.506 e. The number of halogens is 1. The molecule has 1 aliphatic rings. The highest BCUT2D eigenvalue weighted by Gasteiger charge is 2.18. The van der Waals surface area contributed by atoms with Crippen LogP contribution in [-0.2, 0) is 6.42 Å². The number of benzene rings is 1. The van der Waals surface area contributed by atoms with Crippen molar-refractivity contribution in [2.75, 3.05) is 6.54 Å². The SMILES string of the molecule is C=CC1NCCc2cc(Cl)c(O)cc21. The molecule has 0 amide bonds. The molecule has 2 nitrogen and oxygen atoms in total. The molecule has 1 heterocycles. The van der Waals surface area contributed by atoms with Gasteiger partial charge in [0.25, 0.3) is 0 Å². The molecule has 74 valence electrons. The summed E-state index contributed by atoms with van der Waals surface area (Å²) in [6.45, 7) is 4.68. The summed E-state index contributed by atoms with van der Waals surface area (Å²) >= 11 is 5.84. The van der Waals surface area contributed by atoms with Crippen LogP contribution in [0.2, 0.25) is 5.02 Å². The number of fused-ring (bicyclic) bond motifs is 1. The Bertz CT molecular complexity index is 376. The molecule has 0 bridgehead atoms. The van der Waals surface area contributed by atoms with Crippen molar-refractivity contribution >= 4 is 11.6 Å². The summed E-state index contributed by atoms with van der Waals surface area (Å²) in [5.41, 5.74) is 2.27. The van der Waals surface area contributed by atoms with E-state index < -0.39 is 0 Å². The highest BCUT2D eigenvalue weighted by atomic mass is 35.5. The normalized spacial score (nSPS) is 20.2. The van der Waals surface area contributed by atoms with Crippen LogP contribution in [0.1, 0.15) is 17.2 Å². The van der Waals surface area contributed by atoms with Crippen molar-refractivity contribution in [3.05, 3.63) is 40.9 Å². The molecule has 0 aromatic heterocycles. The molecular formula is C11H12ClNO. The van der Waals surface area contributed by atoms with Gasteiger partial charge in [0.05, 0.1) is 11.1 Å². The summed E-state index contributed by atoms with van der Waals surface area (Å²) < 4.78 is 0. The maximum absolute atomic E-state index is 9.49. The minimum atomic E-state index is 0.127. The average molecular weight is 210 g/mol. The van der Waals surface area contributed by atoms with E-state index >= 15 is 0 Å². The number of nitrogens with one attached hydrogen (secondary N) is 1. The first kappa shape index (κ1) is 9.56. The molecule has 0 fully saturated rings. The van der Waals surface area contributed by atoms with Crippen LogP contribution in [0.15, 0.2) is 24.8 Å². The van der Waals surface area contributed by atoms with Gasteiger partial charge in [-0.25, -0.2) is 0 Å². The zero-order valence-electron chi connectivity index (χ0n) is 7.76. The minimum Gasteiger partial charge on any atom is -0.506 e. The van der Waals surface area contributed by atoms with Crippen LogP contribution in [0.4, 0.5) is 0 Å². The summed E-state index contributed by atoms with van der Waals surface area (Å²) in [7, 11) is 0. The average Bonchev–Trinajstić information content (AvgIpc) is 2.19. The van der Waals surface area contributed by atoms with E-state index in [9.17, 15) is 5.11 Å². The summed E-state index contributed by atoms with van der Waals surface area (Å²) in [5.74, 6) is 0.140. The van der Waals surface area contributed by atoms with Gasteiger partial charge in [-0.2, -0.15) is 0 Å². The first-order chi connectivity index (χ1) is 6.72. The molecule has 14 heavy (non-hydrogen) atoms. The molecule has 2 N–H and O–H groups in total. The third-order valence-corrected chi connectivity index (χ3v) is 2.84. The van der Waals surface area contributed by atoms with Crippen molar-refractivity contribution in [3.8, 4) is 5.75 Å². The predicted octanol–water partition coefficient (Wildman–Crippen LogP) is 2.42. The molecule has 2 rings (SSSR count). The molecule has 0 saturated heterocycles. The van der Waals surface area contributed by atoms with E-state index in [1.807, 2.05) is 12.1 Å². The van der Waals surface area contributed by atoms with E-state index in [2.05, 4.69) is 11.9 Å². The Morgan fingerprint density at radius 1 is 1.57 bits per heavy atom. The van der Waals surface area contributed by atoms with Gasteiger partial charge in [-0.15, -0.1) is 6.58 Å². The fraction of sp³-hybridized carbons (Fsp3) is 0.273. The van der Waals surface area contributed by atoms with Crippen LogP contribution >= 0.6 is 11.6 Å². The van der Waals surface area contributed by atoms with Crippen molar-refractivity contribution in [1.82, 2.24) is 5.32 Å². The smallest absolute Gasteiger partial charge is 0.134 e. The fourth-order valence-electron chi connectivity index (χ4n) is 1.81. The Morgan fingerprint density at radius 2 is 2.36 bits per heavy atom. The Labute approximate surface area is 88.2 Å². The van der Waals surface area contributed by atoms with E-state index in [0.29, 0.717) is 5.02 Å². The lowest BCUT2D eigenvalue weighted by molar-refractivity contribution is 0.471. The molecule has 1 atom stereocenters. The van der Waals surface area contributed by atoms with E-state index in [1.54, 1.807) is 6.07 Å². The Balaban J connectivity index is 2.52. The highest BCUT2D eigenvalue weighted by Crippen LogP contribution is 2.32. The van der Waals surface area contributed by atoms with Crippen molar-refractivity contribution in [2.24, 2.45) is 0 Å². The number of hydrogen-bond acceptors (Lipinski definition) is 2. The molecule has 1 aromatic carbocycles. The second kappa shape index (κ2) is 3.64. The van der Waals surface area contributed by atoms with Gasteiger partial charge in [0.1, 0.15) is 5.75 Å². The maximum Gasteiger partial charge on any atom is 0.134 e. The van der Waals surface area contributed by atoms with Crippen LogP contribution < -0.4 is 5.32 Å². The van der Waals surface area contributed by atoms with Gasteiger partial charge in [-0.05, 0) is 29.7 Å². The minimum absolute atomic E-state index is 0.127. The van der Waals surface area contributed by atoms with Gasteiger partial charge >= 0.3 is 0 Å². The zero-order valence-corrected chi connectivity index (χ0v) is 8.51.